The zero-order valence-electron chi connectivity index (χ0n) is 17.6. The van der Waals surface area contributed by atoms with Gasteiger partial charge < -0.3 is 4.90 Å². The molecule has 0 N–H and O–H groups in total. The van der Waals surface area contributed by atoms with Crippen LogP contribution >= 0.6 is 0 Å². The number of hydrogen-bond acceptors (Lipinski definition) is 4. The van der Waals surface area contributed by atoms with E-state index >= 15 is 0 Å². The fraction of sp³-hybridized carbons (Fsp3) is 0.261. The Balaban J connectivity index is 1.67. The second-order valence-electron chi connectivity index (χ2n) is 8.07. The van der Waals surface area contributed by atoms with Crippen LogP contribution in [0.5, 0.6) is 0 Å². The molecular weight excluding hydrogens is 479 g/mol. The third kappa shape index (κ3) is 4.00. The summed E-state index contributed by atoms with van der Waals surface area (Å²) in [4.78, 5) is 5.09. The molecule has 0 unspecified atom stereocenters. The molecule has 0 radical (unpaired) electrons. The van der Waals surface area contributed by atoms with Crippen LogP contribution in [0.4, 0.5) is 42.2 Å². The molecule has 0 saturated heterocycles. The molecule has 0 atom stereocenters. The maximum Gasteiger partial charge on any atom is 0.405 e. The van der Waals surface area contributed by atoms with Gasteiger partial charge in [0, 0.05) is 11.3 Å². The average molecular weight is 493 g/mol. The van der Waals surface area contributed by atoms with Gasteiger partial charge in [0.2, 0.25) is 0 Å². The van der Waals surface area contributed by atoms with Crippen molar-refractivity contribution in [3.8, 4) is 11.8 Å². The van der Waals surface area contributed by atoms with Gasteiger partial charge in [0.1, 0.15) is 17.6 Å². The highest BCUT2D eigenvalue weighted by molar-refractivity contribution is 5.94. The summed E-state index contributed by atoms with van der Waals surface area (Å²) >= 11 is 0. The summed E-state index contributed by atoms with van der Waals surface area (Å²) in [6.07, 6.45) is -6.41. The molecule has 0 spiro atoms. The van der Waals surface area contributed by atoms with Gasteiger partial charge in [-0.15, -0.1) is 10.2 Å². The van der Waals surface area contributed by atoms with Gasteiger partial charge in [-0.3, -0.25) is 4.40 Å². The van der Waals surface area contributed by atoms with E-state index in [1.165, 1.54) is 41.1 Å². The van der Waals surface area contributed by atoms with Crippen molar-refractivity contribution in [3.05, 3.63) is 59.9 Å². The molecule has 4 aromatic rings. The van der Waals surface area contributed by atoms with Gasteiger partial charge in [0.25, 0.3) is 12.2 Å². The zero-order chi connectivity index (χ0) is 25.0. The number of halogens is 7. The molecular formula is C23H14F7N5. The van der Waals surface area contributed by atoms with E-state index in [0.29, 0.717) is 0 Å². The van der Waals surface area contributed by atoms with Crippen LogP contribution in [0.2, 0.25) is 0 Å². The Hall–Kier alpha value is -3.88. The van der Waals surface area contributed by atoms with Crippen molar-refractivity contribution in [1.29, 1.82) is 0 Å². The number of rotatable bonds is 4. The van der Waals surface area contributed by atoms with E-state index in [-0.39, 0.29) is 46.6 Å². The summed E-state index contributed by atoms with van der Waals surface area (Å²) in [6.45, 7) is -0.967. The lowest BCUT2D eigenvalue weighted by Crippen LogP contribution is -2.26. The molecule has 1 aliphatic rings. The number of fused-ring (bicyclic) bond motifs is 3. The molecule has 35 heavy (non-hydrogen) atoms. The van der Waals surface area contributed by atoms with Crippen LogP contribution in [0.15, 0.2) is 42.7 Å². The highest BCUT2D eigenvalue weighted by Crippen LogP contribution is 2.57. The van der Waals surface area contributed by atoms with E-state index in [4.69, 9.17) is 0 Å². The SMILES string of the molecule is Fc1ccc2c(c(N(CC(F)F)c3cccc(C#CC4(C(F)(F)F)CC4)c3)nc3nncn32)c1F. The third-order valence-corrected chi connectivity index (χ3v) is 5.76. The van der Waals surface area contributed by atoms with Gasteiger partial charge in [0.15, 0.2) is 11.6 Å². The molecule has 180 valence electrons. The predicted molar refractivity (Wildman–Crippen MR) is 112 cm³/mol. The second-order valence-corrected chi connectivity index (χ2v) is 8.07. The molecule has 5 rings (SSSR count). The first-order valence-electron chi connectivity index (χ1n) is 10.3. The third-order valence-electron chi connectivity index (χ3n) is 5.76. The first-order valence-corrected chi connectivity index (χ1v) is 10.3. The fourth-order valence-corrected chi connectivity index (χ4v) is 3.77. The summed E-state index contributed by atoms with van der Waals surface area (Å²) in [5.41, 5.74) is -1.79. The molecule has 2 heterocycles. The van der Waals surface area contributed by atoms with Crippen molar-refractivity contribution in [2.45, 2.75) is 25.4 Å². The summed E-state index contributed by atoms with van der Waals surface area (Å²) < 4.78 is 97.2. The van der Waals surface area contributed by atoms with Crippen LogP contribution in [-0.2, 0) is 0 Å². The highest BCUT2D eigenvalue weighted by atomic mass is 19.4. The number of alkyl halides is 5. The van der Waals surface area contributed by atoms with Gasteiger partial charge in [-0.2, -0.15) is 18.2 Å². The van der Waals surface area contributed by atoms with Crippen molar-refractivity contribution in [1.82, 2.24) is 19.6 Å². The summed E-state index contributed by atoms with van der Waals surface area (Å²) in [7, 11) is 0. The highest BCUT2D eigenvalue weighted by Gasteiger charge is 2.62. The normalized spacial score (nSPS) is 14.9. The van der Waals surface area contributed by atoms with Crippen LogP contribution in [0, 0.1) is 28.9 Å². The van der Waals surface area contributed by atoms with Crippen LogP contribution in [0.1, 0.15) is 18.4 Å². The molecule has 5 nitrogen and oxygen atoms in total. The van der Waals surface area contributed by atoms with E-state index < -0.39 is 36.2 Å². The Morgan fingerprint density at radius 2 is 1.89 bits per heavy atom. The number of benzene rings is 2. The van der Waals surface area contributed by atoms with Gasteiger partial charge in [-0.25, -0.2) is 17.6 Å². The summed E-state index contributed by atoms with van der Waals surface area (Å²) in [6, 6.07) is 7.65. The quantitative estimate of drug-likeness (QED) is 0.272. The topological polar surface area (TPSA) is 46.3 Å². The Kier molecular flexibility index (Phi) is 5.30. The molecule has 0 aliphatic heterocycles. The molecule has 0 bridgehead atoms. The van der Waals surface area contributed by atoms with Gasteiger partial charge in [0.05, 0.1) is 17.4 Å². The number of hydrogen-bond donors (Lipinski definition) is 0. The van der Waals surface area contributed by atoms with E-state index in [2.05, 4.69) is 27.0 Å². The molecule has 2 aromatic carbocycles. The summed E-state index contributed by atoms with van der Waals surface area (Å²) in [5, 5.41) is 7.08. The lowest BCUT2D eigenvalue weighted by atomic mass is 10.1. The van der Waals surface area contributed by atoms with E-state index in [9.17, 15) is 30.7 Å². The van der Waals surface area contributed by atoms with Crippen molar-refractivity contribution in [2.75, 3.05) is 11.4 Å². The molecule has 2 aromatic heterocycles. The minimum Gasteiger partial charge on any atom is -0.320 e. The predicted octanol–water partition coefficient (Wildman–Crippen LogP) is 5.65. The molecule has 0 amide bonds. The maximum atomic E-state index is 14.9. The molecule has 12 heteroatoms. The lowest BCUT2D eigenvalue weighted by molar-refractivity contribution is -0.168. The Morgan fingerprint density at radius 1 is 1.11 bits per heavy atom. The van der Waals surface area contributed by atoms with E-state index in [1.807, 2.05) is 0 Å². The van der Waals surface area contributed by atoms with E-state index in [1.54, 1.807) is 0 Å². The van der Waals surface area contributed by atoms with Crippen molar-refractivity contribution >= 4 is 28.2 Å². The van der Waals surface area contributed by atoms with Crippen molar-refractivity contribution in [2.24, 2.45) is 5.41 Å². The number of aromatic nitrogens is 4. The first kappa shape index (κ1) is 22.9. The summed E-state index contributed by atoms with van der Waals surface area (Å²) in [5.74, 6) is 1.80. The van der Waals surface area contributed by atoms with Crippen molar-refractivity contribution < 1.29 is 30.7 Å². The largest absolute Gasteiger partial charge is 0.405 e. The minimum absolute atomic E-state index is 0.0467. The van der Waals surface area contributed by atoms with E-state index in [0.717, 1.165) is 11.0 Å². The Bertz CT molecular complexity index is 1500. The minimum atomic E-state index is -4.47. The molecule has 1 aliphatic carbocycles. The lowest BCUT2D eigenvalue weighted by Gasteiger charge is -2.25. The van der Waals surface area contributed by atoms with Crippen LogP contribution < -0.4 is 4.90 Å². The first-order chi connectivity index (χ1) is 16.6. The monoisotopic (exact) mass is 493 g/mol. The number of nitrogens with zero attached hydrogens (tertiary/aromatic N) is 5. The standard InChI is InChI=1S/C23H14F7N5/c24-15-4-5-16-18(19(15)27)20(32-21-33-31-12-35(16)21)34(11-17(25)26)14-3-1-2-13(10-14)6-7-22(8-9-22)23(28,29)30/h1-5,10,12,17H,8-9,11H2. The number of anilines is 2. The smallest absolute Gasteiger partial charge is 0.320 e. The second kappa shape index (κ2) is 8.11. The Labute approximate surface area is 193 Å². The van der Waals surface area contributed by atoms with Gasteiger partial charge >= 0.3 is 6.18 Å². The molecule has 1 fully saturated rings. The fourth-order valence-electron chi connectivity index (χ4n) is 3.77. The van der Waals surface area contributed by atoms with Crippen molar-refractivity contribution in [3.63, 3.8) is 0 Å². The van der Waals surface area contributed by atoms with Gasteiger partial charge in [-0.1, -0.05) is 17.9 Å². The van der Waals surface area contributed by atoms with Gasteiger partial charge in [-0.05, 0) is 43.2 Å². The Morgan fingerprint density at radius 3 is 2.57 bits per heavy atom. The average Bonchev–Trinajstić information content (AvgIpc) is 3.48. The van der Waals surface area contributed by atoms with Crippen LogP contribution in [0.3, 0.4) is 0 Å². The molecule has 1 saturated carbocycles. The zero-order valence-corrected chi connectivity index (χ0v) is 17.6. The maximum absolute atomic E-state index is 14.9. The van der Waals surface area contributed by atoms with Crippen LogP contribution in [-0.4, -0.2) is 38.7 Å². The van der Waals surface area contributed by atoms with Crippen LogP contribution in [0.25, 0.3) is 16.7 Å².